The van der Waals surface area contributed by atoms with Gasteiger partial charge in [0.15, 0.2) is 0 Å². The Morgan fingerprint density at radius 2 is 1.93 bits per heavy atom. The Hall–Kier alpha value is -0.0800. The Kier molecular flexibility index (Phi) is 3.13. The summed E-state index contributed by atoms with van der Waals surface area (Å²) in [4.78, 5) is 2.52. The van der Waals surface area contributed by atoms with Gasteiger partial charge >= 0.3 is 0 Å². The molecule has 0 amide bonds. The van der Waals surface area contributed by atoms with Crippen LogP contribution < -0.4 is 0 Å². The summed E-state index contributed by atoms with van der Waals surface area (Å²) in [5, 5.41) is 9.80. The molecule has 0 aromatic heterocycles. The summed E-state index contributed by atoms with van der Waals surface area (Å²) < 4.78 is 0. The third-order valence-electron chi connectivity index (χ3n) is 4.01. The highest BCUT2D eigenvalue weighted by atomic mass is 16.3. The Bertz CT molecular complexity index is 177. The highest BCUT2D eigenvalue weighted by molar-refractivity contribution is 4.82. The first-order valence-corrected chi connectivity index (χ1v) is 6.10. The minimum absolute atomic E-state index is 0.382. The molecule has 0 radical (unpaired) electrons. The zero-order valence-corrected chi connectivity index (χ0v) is 9.34. The van der Waals surface area contributed by atoms with Gasteiger partial charge in [-0.1, -0.05) is 19.3 Å². The van der Waals surface area contributed by atoms with E-state index in [1.165, 1.54) is 32.2 Å². The highest BCUT2D eigenvalue weighted by Crippen LogP contribution is 2.30. The minimum Gasteiger partial charge on any atom is -0.390 e. The molecule has 1 saturated heterocycles. The Morgan fingerprint density at radius 1 is 1.29 bits per heavy atom. The van der Waals surface area contributed by atoms with E-state index < -0.39 is 0 Å². The van der Waals surface area contributed by atoms with Gasteiger partial charge in [0.05, 0.1) is 5.60 Å². The van der Waals surface area contributed by atoms with Crippen LogP contribution in [0.25, 0.3) is 0 Å². The average Bonchev–Trinajstić information content (AvgIpc) is 2.05. The molecule has 2 fully saturated rings. The SMILES string of the molecule is CC1(O)CCN(CCC2CCC2)CC1. The maximum Gasteiger partial charge on any atom is 0.0644 e. The monoisotopic (exact) mass is 197 g/mol. The lowest BCUT2D eigenvalue weighted by Crippen LogP contribution is -2.43. The van der Waals surface area contributed by atoms with Crippen LogP contribution in [0.2, 0.25) is 0 Å². The van der Waals surface area contributed by atoms with E-state index in [1.54, 1.807) is 0 Å². The third-order valence-corrected chi connectivity index (χ3v) is 4.01. The molecule has 1 aliphatic carbocycles. The first kappa shape index (κ1) is 10.4. The van der Waals surface area contributed by atoms with E-state index in [0.717, 1.165) is 31.8 Å². The van der Waals surface area contributed by atoms with Gasteiger partial charge in [-0.15, -0.1) is 0 Å². The second-order valence-electron chi connectivity index (χ2n) is 5.42. The van der Waals surface area contributed by atoms with Crippen molar-refractivity contribution in [2.45, 2.75) is 51.0 Å². The van der Waals surface area contributed by atoms with E-state index in [-0.39, 0.29) is 5.60 Å². The van der Waals surface area contributed by atoms with Gasteiger partial charge in [0.1, 0.15) is 0 Å². The summed E-state index contributed by atoms with van der Waals surface area (Å²) in [5.41, 5.74) is -0.382. The van der Waals surface area contributed by atoms with Gasteiger partial charge < -0.3 is 10.0 Å². The number of hydrogen-bond donors (Lipinski definition) is 1. The quantitative estimate of drug-likeness (QED) is 0.748. The number of likely N-dealkylation sites (tertiary alicyclic amines) is 1. The van der Waals surface area contributed by atoms with Crippen LogP contribution in [0, 0.1) is 5.92 Å². The molecule has 2 heteroatoms. The Labute approximate surface area is 87.3 Å². The van der Waals surface area contributed by atoms with E-state index in [1.807, 2.05) is 6.92 Å². The van der Waals surface area contributed by atoms with Crippen LogP contribution in [-0.2, 0) is 0 Å². The molecular weight excluding hydrogens is 174 g/mol. The first-order valence-electron chi connectivity index (χ1n) is 6.10. The standard InChI is InChI=1S/C12H23NO/c1-12(14)6-9-13(10-7-12)8-5-11-3-2-4-11/h11,14H,2-10H2,1H3. The van der Waals surface area contributed by atoms with Crippen molar-refractivity contribution in [1.82, 2.24) is 4.90 Å². The normalized spacial score (nSPS) is 28.7. The third kappa shape index (κ3) is 2.71. The number of rotatable bonds is 3. The summed E-state index contributed by atoms with van der Waals surface area (Å²) in [5.74, 6) is 1.03. The number of piperidine rings is 1. The predicted molar refractivity (Wildman–Crippen MR) is 58.3 cm³/mol. The van der Waals surface area contributed by atoms with Crippen LogP contribution in [-0.4, -0.2) is 35.2 Å². The minimum atomic E-state index is -0.382. The molecule has 0 bridgehead atoms. The summed E-state index contributed by atoms with van der Waals surface area (Å²) in [6.07, 6.45) is 7.69. The molecule has 2 aliphatic rings. The molecule has 0 aromatic rings. The van der Waals surface area contributed by atoms with Crippen molar-refractivity contribution in [3.63, 3.8) is 0 Å². The lowest BCUT2D eigenvalue weighted by molar-refractivity contribution is -0.00706. The van der Waals surface area contributed by atoms with Gasteiger partial charge in [-0.3, -0.25) is 0 Å². The number of nitrogens with zero attached hydrogens (tertiary/aromatic N) is 1. The van der Waals surface area contributed by atoms with Crippen LogP contribution in [0.5, 0.6) is 0 Å². The van der Waals surface area contributed by atoms with Crippen molar-refractivity contribution >= 4 is 0 Å². The molecule has 0 aromatic carbocycles. The fourth-order valence-corrected chi connectivity index (χ4v) is 2.40. The molecular formula is C12H23NO. The second kappa shape index (κ2) is 4.19. The van der Waals surface area contributed by atoms with Gasteiger partial charge in [0.2, 0.25) is 0 Å². The maximum absolute atomic E-state index is 9.80. The molecule has 1 saturated carbocycles. The molecule has 2 nitrogen and oxygen atoms in total. The topological polar surface area (TPSA) is 23.5 Å². The van der Waals surface area contributed by atoms with Crippen LogP contribution >= 0.6 is 0 Å². The zero-order chi connectivity index (χ0) is 10.0. The van der Waals surface area contributed by atoms with E-state index in [2.05, 4.69) is 4.90 Å². The van der Waals surface area contributed by atoms with Crippen LogP contribution in [0.4, 0.5) is 0 Å². The summed E-state index contributed by atoms with van der Waals surface area (Å²) >= 11 is 0. The average molecular weight is 197 g/mol. The van der Waals surface area contributed by atoms with E-state index in [4.69, 9.17) is 0 Å². The van der Waals surface area contributed by atoms with Gasteiger partial charge in [0, 0.05) is 13.1 Å². The van der Waals surface area contributed by atoms with E-state index in [0.29, 0.717) is 0 Å². The number of hydrogen-bond acceptors (Lipinski definition) is 2. The lowest BCUT2D eigenvalue weighted by Gasteiger charge is -2.37. The largest absolute Gasteiger partial charge is 0.390 e. The van der Waals surface area contributed by atoms with Gasteiger partial charge in [-0.05, 0) is 38.6 Å². The second-order valence-corrected chi connectivity index (χ2v) is 5.42. The zero-order valence-electron chi connectivity index (χ0n) is 9.34. The fraction of sp³-hybridized carbons (Fsp3) is 1.00. The molecule has 1 heterocycles. The maximum atomic E-state index is 9.80. The summed E-state index contributed by atoms with van der Waals surface area (Å²) in [6.45, 7) is 5.43. The molecule has 1 N–H and O–H groups in total. The smallest absolute Gasteiger partial charge is 0.0644 e. The molecule has 0 unspecified atom stereocenters. The van der Waals surface area contributed by atoms with Crippen molar-refractivity contribution in [2.75, 3.05) is 19.6 Å². The van der Waals surface area contributed by atoms with Crippen molar-refractivity contribution in [1.29, 1.82) is 0 Å². The van der Waals surface area contributed by atoms with Gasteiger partial charge in [-0.25, -0.2) is 0 Å². The van der Waals surface area contributed by atoms with Crippen LogP contribution in [0.1, 0.15) is 45.4 Å². The number of aliphatic hydroxyl groups is 1. The lowest BCUT2D eigenvalue weighted by atomic mass is 9.82. The Morgan fingerprint density at radius 3 is 2.43 bits per heavy atom. The van der Waals surface area contributed by atoms with E-state index in [9.17, 15) is 5.11 Å². The molecule has 0 atom stereocenters. The van der Waals surface area contributed by atoms with Crippen molar-refractivity contribution < 1.29 is 5.11 Å². The molecule has 14 heavy (non-hydrogen) atoms. The summed E-state index contributed by atoms with van der Waals surface area (Å²) in [6, 6.07) is 0. The summed E-state index contributed by atoms with van der Waals surface area (Å²) in [7, 11) is 0. The molecule has 2 rings (SSSR count). The molecule has 1 aliphatic heterocycles. The van der Waals surface area contributed by atoms with Gasteiger partial charge in [0.25, 0.3) is 0 Å². The predicted octanol–water partition coefficient (Wildman–Crippen LogP) is 2.02. The van der Waals surface area contributed by atoms with Crippen molar-refractivity contribution in [2.24, 2.45) is 5.92 Å². The van der Waals surface area contributed by atoms with Crippen molar-refractivity contribution in [3.05, 3.63) is 0 Å². The molecule has 82 valence electrons. The first-order chi connectivity index (χ1) is 6.66. The highest BCUT2D eigenvalue weighted by Gasteiger charge is 2.27. The van der Waals surface area contributed by atoms with Crippen LogP contribution in [0.15, 0.2) is 0 Å². The molecule has 0 spiro atoms. The van der Waals surface area contributed by atoms with Gasteiger partial charge in [-0.2, -0.15) is 0 Å². The van der Waals surface area contributed by atoms with Crippen molar-refractivity contribution in [3.8, 4) is 0 Å². The fourth-order valence-electron chi connectivity index (χ4n) is 2.40. The van der Waals surface area contributed by atoms with E-state index >= 15 is 0 Å². The van der Waals surface area contributed by atoms with Crippen LogP contribution in [0.3, 0.4) is 0 Å². The Balaban J connectivity index is 1.63.